The third kappa shape index (κ3) is 6.07. The van der Waals surface area contributed by atoms with Crippen molar-refractivity contribution in [2.24, 2.45) is 0 Å². The number of rotatable bonds is 6. The highest BCUT2D eigenvalue weighted by atomic mass is 79.9. The first kappa shape index (κ1) is 22.8. The molecule has 0 aliphatic carbocycles. The summed E-state index contributed by atoms with van der Waals surface area (Å²) in [7, 11) is 0. The normalized spacial score (nSPS) is 12.3. The van der Waals surface area contributed by atoms with Gasteiger partial charge in [-0.3, -0.25) is 9.59 Å². The van der Waals surface area contributed by atoms with E-state index in [1.807, 2.05) is 36.4 Å². The first-order chi connectivity index (χ1) is 14.6. The zero-order valence-corrected chi connectivity index (χ0v) is 19.7. The number of hydrogen-bond acceptors (Lipinski definition) is 4. The van der Waals surface area contributed by atoms with Gasteiger partial charge in [-0.05, 0) is 57.9 Å². The summed E-state index contributed by atoms with van der Waals surface area (Å²) < 4.78 is 0.820. The van der Waals surface area contributed by atoms with Gasteiger partial charge in [0.1, 0.15) is 0 Å². The second-order valence-electron chi connectivity index (χ2n) is 8.59. The smallest absolute Gasteiger partial charge is 0.251 e. The third-order valence-electron chi connectivity index (χ3n) is 5.08. The van der Waals surface area contributed by atoms with Crippen LogP contribution < -0.4 is 5.32 Å². The topological polar surface area (TPSA) is 72.0 Å². The minimum Gasteiger partial charge on any atom is -0.342 e. The summed E-state index contributed by atoms with van der Waals surface area (Å²) in [5, 5.41) is 2.87. The lowest BCUT2D eigenvalue weighted by Gasteiger charge is -2.20. The predicted molar refractivity (Wildman–Crippen MR) is 126 cm³/mol. The van der Waals surface area contributed by atoms with E-state index >= 15 is 0 Å². The molecule has 1 N–H and O–H groups in total. The van der Waals surface area contributed by atoms with Crippen LogP contribution in [0.3, 0.4) is 0 Å². The summed E-state index contributed by atoms with van der Waals surface area (Å²) in [5.74, 6) is 0.297. The summed E-state index contributed by atoms with van der Waals surface area (Å²) in [6, 6.07) is 14.6. The fourth-order valence-electron chi connectivity index (χ4n) is 3.15. The monoisotopic (exact) mass is 479 g/mol. The highest BCUT2D eigenvalue weighted by molar-refractivity contribution is 9.10. The molecule has 0 aliphatic rings. The van der Waals surface area contributed by atoms with E-state index in [1.165, 1.54) is 6.92 Å². The van der Waals surface area contributed by atoms with Gasteiger partial charge in [-0.2, -0.15) is 0 Å². The Kier molecular flexibility index (Phi) is 7.01. The number of Topliss-reactive ketones (excluding diaryl/α,β-unsaturated/α-hetero) is 1. The highest BCUT2D eigenvalue weighted by Crippen LogP contribution is 2.22. The molecule has 31 heavy (non-hydrogen) atoms. The van der Waals surface area contributed by atoms with Crippen molar-refractivity contribution in [1.29, 1.82) is 0 Å². The van der Waals surface area contributed by atoms with Crippen LogP contribution in [0.4, 0.5) is 0 Å². The number of ketones is 1. The molecule has 0 saturated carbocycles. The Balaban J connectivity index is 1.69. The highest BCUT2D eigenvalue weighted by Gasteiger charge is 2.20. The van der Waals surface area contributed by atoms with Gasteiger partial charge >= 0.3 is 0 Å². The number of aromatic nitrogens is 2. The second-order valence-corrected chi connectivity index (χ2v) is 9.51. The Morgan fingerprint density at radius 2 is 1.55 bits per heavy atom. The first-order valence-corrected chi connectivity index (χ1v) is 10.9. The van der Waals surface area contributed by atoms with Gasteiger partial charge in [-0.15, -0.1) is 0 Å². The average Bonchev–Trinajstić information content (AvgIpc) is 2.74. The second kappa shape index (κ2) is 9.52. The first-order valence-electron chi connectivity index (χ1n) is 10.1. The number of hydrogen-bond donors (Lipinski definition) is 1. The molecule has 1 amide bonds. The SMILES string of the molecule is CC(=O)[C@H](Cc1ccc(-c2ncc(Br)cn2)cc1)NC(=O)c1ccc(C(C)(C)C)cc1. The van der Waals surface area contributed by atoms with Crippen LogP contribution in [0.1, 0.15) is 49.2 Å². The summed E-state index contributed by atoms with van der Waals surface area (Å²) in [4.78, 5) is 33.5. The van der Waals surface area contributed by atoms with E-state index in [0.29, 0.717) is 17.8 Å². The van der Waals surface area contributed by atoms with E-state index in [-0.39, 0.29) is 17.1 Å². The molecule has 0 unspecified atom stereocenters. The van der Waals surface area contributed by atoms with Crippen LogP contribution in [0.15, 0.2) is 65.4 Å². The lowest BCUT2D eigenvalue weighted by atomic mass is 9.86. The van der Waals surface area contributed by atoms with Crippen LogP contribution in [-0.2, 0) is 16.6 Å². The molecule has 0 spiro atoms. The molecular weight excluding hydrogens is 454 g/mol. The van der Waals surface area contributed by atoms with Crippen molar-refractivity contribution in [3.8, 4) is 11.4 Å². The van der Waals surface area contributed by atoms with Gasteiger partial charge < -0.3 is 5.32 Å². The molecular formula is C25H26BrN3O2. The van der Waals surface area contributed by atoms with Crippen molar-refractivity contribution in [3.63, 3.8) is 0 Å². The van der Waals surface area contributed by atoms with Crippen molar-refractivity contribution in [2.75, 3.05) is 0 Å². The molecule has 3 aromatic rings. The predicted octanol–water partition coefficient (Wildman–Crippen LogP) is 5.13. The summed E-state index contributed by atoms with van der Waals surface area (Å²) in [6.45, 7) is 7.88. The van der Waals surface area contributed by atoms with E-state index in [9.17, 15) is 9.59 Å². The van der Waals surface area contributed by atoms with Gasteiger partial charge in [0.15, 0.2) is 11.6 Å². The average molecular weight is 480 g/mol. The number of nitrogens with one attached hydrogen (secondary N) is 1. The molecule has 1 atom stereocenters. The fourth-order valence-corrected chi connectivity index (χ4v) is 3.35. The number of amides is 1. The molecule has 0 bridgehead atoms. The Bertz CT molecular complexity index is 1050. The van der Waals surface area contributed by atoms with E-state index in [1.54, 1.807) is 24.5 Å². The van der Waals surface area contributed by atoms with E-state index in [0.717, 1.165) is 21.2 Å². The lowest BCUT2D eigenvalue weighted by Crippen LogP contribution is -2.41. The molecule has 6 heteroatoms. The van der Waals surface area contributed by atoms with Crippen LogP contribution in [0.5, 0.6) is 0 Å². The van der Waals surface area contributed by atoms with Crippen molar-refractivity contribution >= 4 is 27.6 Å². The Labute approximate surface area is 191 Å². The molecule has 1 aromatic heterocycles. The number of halogens is 1. The van der Waals surface area contributed by atoms with Gasteiger partial charge in [0, 0.05) is 23.5 Å². The maximum Gasteiger partial charge on any atom is 0.251 e. The number of nitrogens with zero attached hydrogens (tertiary/aromatic N) is 2. The maximum atomic E-state index is 12.7. The molecule has 0 radical (unpaired) electrons. The van der Waals surface area contributed by atoms with Crippen molar-refractivity contribution in [2.45, 2.75) is 45.6 Å². The Morgan fingerprint density at radius 3 is 2.06 bits per heavy atom. The van der Waals surface area contributed by atoms with Gasteiger partial charge in [-0.1, -0.05) is 57.2 Å². The van der Waals surface area contributed by atoms with Crippen LogP contribution in [0.25, 0.3) is 11.4 Å². The largest absolute Gasteiger partial charge is 0.342 e. The van der Waals surface area contributed by atoms with Crippen LogP contribution in [-0.4, -0.2) is 27.7 Å². The third-order valence-corrected chi connectivity index (χ3v) is 5.49. The molecule has 3 rings (SSSR count). The number of carbonyl (C=O) groups excluding carboxylic acids is 2. The van der Waals surface area contributed by atoms with Crippen LogP contribution in [0, 0.1) is 0 Å². The minimum atomic E-state index is -0.593. The molecule has 0 aliphatic heterocycles. The minimum absolute atomic E-state index is 0.0182. The van der Waals surface area contributed by atoms with E-state index in [4.69, 9.17) is 0 Å². The van der Waals surface area contributed by atoms with Gasteiger partial charge in [0.25, 0.3) is 5.91 Å². The molecule has 0 saturated heterocycles. The van der Waals surface area contributed by atoms with Gasteiger partial charge in [0.2, 0.25) is 0 Å². The lowest BCUT2D eigenvalue weighted by molar-refractivity contribution is -0.118. The number of carbonyl (C=O) groups is 2. The quantitative estimate of drug-likeness (QED) is 0.531. The molecule has 2 aromatic carbocycles. The molecule has 1 heterocycles. The van der Waals surface area contributed by atoms with Crippen molar-refractivity contribution < 1.29 is 9.59 Å². The van der Waals surface area contributed by atoms with Crippen molar-refractivity contribution in [3.05, 3.63) is 82.1 Å². The van der Waals surface area contributed by atoms with E-state index < -0.39 is 6.04 Å². The summed E-state index contributed by atoms with van der Waals surface area (Å²) in [6.07, 6.45) is 3.82. The van der Waals surface area contributed by atoms with E-state index in [2.05, 4.69) is 52.0 Å². The molecule has 160 valence electrons. The standard InChI is InChI=1S/C25H26BrN3O2/c1-16(30)22(29-24(31)19-9-11-20(12-10-19)25(2,3)4)13-17-5-7-18(8-6-17)23-27-14-21(26)15-28-23/h5-12,14-15,22H,13H2,1-4H3,(H,29,31)/t22-/m0/s1. The number of benzene rings is 2. The van der Waals surface area contributed by atoms with Gasteiger partial charge in [-0.25, -0.2) is 9.97 Å². The Hall–Kier alpha value is -2.86. The summed E-state index contributed by atoms with van der Waals surface area (Å²) >= 11 is 3.33. The summed E-state index contributed by atoms with van der Waals surface area (Å²) in [5.41, 5.74) is 3.55. The zero-order chi connectivity index (χ0) is 22.6. The molecule has 5 nitrogen and oxygen atoms in total. The van der Waals surface area contributed by atoms with Gasteiger partial charge in [0.05, 0.1) is 10.5 Å². The molecule has 0 fully saturated rings. The van der Waals surface area contributed by atoms with Crippen LogP contribution in [0.2, 0.25) is 0 Å². The maximum absolute atomic E-state index is 12.7. The zero-order valence-electron chi connectivity index (χ0n) is 18.1. The Morgan fingerprint density at radius 1 is 0.968 bits per heavy atom. The van der Waals surface area contributed by atoms with Crippen LogP contribution >= 0.6 is 15.9 Å². The van der Waals surface area contributed by atoms with Crippen molar-refractivity contribution in [1.82, 2.24) is 15.3 Å². The fraction of sp³-hybridized carbons (Fsp3) is 0.280.